The van der Waals surface area contributed by atoms with Crippen LogP contribution in [0.5, 0.6) is 0 Å². The lowest BCUT2D eigenvalue weighted by Crippen LogP contribution is -2.70. The number of alkyl carbamates (subject to hydrolysis) is 1. The monoisotopic (exact) mass is 1420 g/mol. The van der Waals surface area contributed by atoms with Gasteiger partial charge in [-0.15, -0.1) is 0 Å². The molecule has 6 aliphatic heterocycles. The van der Waals surface area contributed by atoms with Crippen molar-refractivity contribution in [3.05, 3.63) is 59.7 Å². The van der Waals surface area contributed by atoms with E-state index in [9.17, 15) is 111 Å². The Morgan fingerprint density at radius 1 is 0.404 bits per heavy atom. The van der Waals surface area contributed by atoms with E-state index in [4.69, 9.17) is 61.6 Å². The molecule has 39 heteroatoms. The summed E-state index contributed by atoms with van der Waals surface area (Å²) < 4.78 is 76.3. The number of carbonyl (C=O) groups excluding carboxylic acids is 4. The van der Waals surface area contributed by atoms with E-state index in [0.29, 0.717) is 0 Å². The van der Waals surface area contributed by atoms with E-state index in [2.05, 4.69) is 21.3 Å². The Morgan fingerprint density at radius 2 is 0.768 bits per heavy atom. The molecule has 2 aromatic carbocycles. The maximum atomic E-state index is 13.4. The SMILES string of the molecule is CC(=O)N[C@H]1[C@H](OCC(NC(=O)OCC2c3ccccc3-c3ccccc32)C(=O)O)O[C@H](COC2O[C@H](CO)[C@@H](OC3O[C@H](CO)[C@H](O)[C@H](OC4O[C@H](CO)[C@@H](OC5O[C@H](CO)[C@H](O)[C@H](O)[C@H]5O)[C@H](O)[C@H]4NC(C)=O)[C@H]3O)[C@H](O)[C@H]2NC(C)=O)C(O[C@@H]2O[C@H](CO)[C@H](O)C(O)[C@H]2O)[C@@H]1O. The third-order valence-corrected chi connectivity index (χ3v) is 18.0. The summed E-state index contributed by atoms with van der Waals surface area (Å²) in [4.78, 5) is 64.5. The minimum absolute atomic E-state index is 0.224. The average molecular weight is 1420 g/mol. The second kappa shape index (κ2) is 34.2. The molecule has 9 rings (SSSR count). The zero-order valence-corrected chi connectivity index (χ0v) is 53.2. The van der Waals surface area contributed by atoms with Crippen molar-refractivity contribution in [2.24, 2.45) is 0 Å². The quantitative estimate of drug-likeness (QED) is 0.0416. The van der Waals surface area contributed by atoms with Gasteiger partial charge >= 0.3 is 12.1 Å². The molecule has 0 aromatic heterocycles. The van der Waals surface area contributed by atoms with Crippen LogP contribution in [0, 0.1) is 0 Å². The summed E-state index contributed by atoms with van der Waals surface area (Å²) in [5, 5.41) is 195. The third kappa shape index (κ3) is 17.2. The summed E-state index contributed by atoms with van der Waals surface area (Å²) in [5.74, 6) is -4.67. The molecule has 0 spiro atoms. The fourth-order valence-electron chi connectivity index (χ4n) is 12.9. The van der Waals surface area contributed by atoms with Gasteiger partial charge in [-0.2, -0.15) is 0 Å². The Bertz CT molecular complexity index is 2970. The van der Waals surface area contributed by atoms with Gasteiger partial charge in [0.05, 0.1) is 46.2 Å². The van der Waals surface area contributed by atoms with Gasteiger partial charge in [-0.1, -0.05) is 48.5 Å². The van der Waals surface area contributed by atoms with Gasteiger partial charge < -0.3 is 170 Å². The number of nitrogens with one attached hydrogen (secondary N) is 4. The molecule has 7 unspecified atom stereocenters. The Balaban J connectivity index is 0.924. The molecule has 2 aromatic rings. The lowest BCUT2D eigenvalue weighted by molar-refractivity contribution is -0.379. The van der Waals surface area contributed by atoms with Crippen molar-refractivity contribution in [1.29, 1.82) is 0 Å². The Hall–Kier alpha value is -5.53. The molecule has 99 heavy (non-hydrogen) atoms. The van der Waals surface area contributed by atoms with E-state index in [-0.39, 0.29) is 6.61 Å². The summed E-state index contributed by atoms with van der Waals surface area (Å²) in [6.45, 7) is -4.16. The highest BCUT2D eigenvalue weighted by Crippen LogP contribution is 2.45. The Kier molecular flexibility index (Phi) is 26.8. The van der Waals surface area contributed by atoms with Gasteiger partial charge in [-0.25, -0.2) is 9.59 Å². The van der Waals surface area contributed by atoms with E-state index in [1.54, 1.807) is 0 Å². The molecule has 0 radical (unpaired) electrons. The van der Waals surface area contributed by atoms with E-state index in [0.717, 1.165) is 43.0 Å². The molecule has 556 valence electrons. The van der Waals surface area contributed by atoms with Crippen LogP contribution in [0.3, 0.4) is 0 Å². The summed E-state index contributed by atoms with van der Waals surface area (Å²) in [5.41, 5.74) is 3.53. The van der Waals surface area contributed by atoms with Crippen LogP contribution in [0.15, 0.2) is 48.5 Å². The predicted octanol–water partition coefficient (Wildman–Crippen LogP) is -10.7. The van der Waals surface area contributed by atoms with Gasteiger partial charge in [-0.05, 0) is 22.3 Å². The van der Waals surface area contributed by atoms with Crippen LogP contribution in [0.2, 0.25) is 0 Å². The van der Waals surface area contributed by atoms with Crippen molar-refractivity contribution in [2.45, 2.75) is 217 Å². The maximum absolute atomic E-state index is 13.4. The second-order valence-corrected chi connectivity index (χ2v) is 24.7. The van der Waals surface area contributed by atoms with Crippen molar-refractivity contribution >= 4 is 29.8 Å². The summed E-state index contributed by atoms with van der Waals surface area (Å²) in [6, 6.07) is 7.59. The molecule has 6 fully saturated rings. The van der Waals surface area contributed by atoms with E-state index < -0.39 is 272 Å². The van der Waals surface area contributed by atoms with Crippen molar-refractivity contribution in [3.63, 3.8) is 0 Å². The number of ether oxygens (including phenoxy) is 13. The highest BCUT2D eigenvalue weighted by molar-refractivity contribution is 5.81. The topological polar surface area (TPSA) is 597 Å². The minimum atomic E-state index is -2.27. The first-order valence-electron chi connectivity index (χ1n) is 31.6. The Morgan fingerprint density at radius 3 is 1.20 bits per heavy atom. The molecule has 7 aliphatic rings. The molecule has 6 heterocycles. The second-order valence-electron chi connectivity index (χ2n) is 24.7. The number of aliphatic carboxylic acids is 1. The zero-order valence-electron chi connectivity index (χ0n) is 53.2. The standard InChI is InChI=1S/C60H86N4O35/c1-20(70)61-35-41(76)49(97-59-48(83)52(40(75)31(14-67)92-59)99-56-37(63-22(3)72)43(78)50(33(16-69)94-56)96-57-46(81)44(79)38(73)29(12-65)90-57)32(15-68)93-55(35)88-19-34-51(98-58-47(82)45(80)39(74)30(13-66)91-58)42(77)36(62-21(2)71)54(95-34)87-18-28(53(84)85)64-60(86)89-17-27-25-10-6-4-8-23(25)24-9-5-7-11-26(24)27/h4-11,27-52,54-59,65-69,73-83H,12-19H2,1-3H3,(H,61,70)(H,62,71)(H,63,72)(H,64,86)(H,84,85)/t28?,29-,30-,31-,32-,33-,34-,35-,36-,37-,38+,39+,40+,41-,42-,43-,44+,45?,46-,47-,48-,49-,50-,51?,52+,54-,55?,56?,57?,58+,59?/m1/s1. The van der Waals surface area contributed by atoms with Crippen molar-refractivity contribution in [1.82, 2.24) is 21.3 Å². The van der Waals surface area contributed by atoms with Gasteiger partial charge in [-0.3, -0.25) is 14.4 Å². The number of benzene rings is 2. The number of carboxylic acids is 1. The van der Waals surface area contributed by atoms with Gasteiger partial charge in [0.1, 0.15) is 153 Å². The normalized spacial score (nSPS) is 40.4. The third-order valence-electron chi connectivity index (χ3n) is 18.0. The first kappa shape index (κ1) is 77.6. The number of hydrogen-bond donors (Lipinski definition) is 21. The molecule has 4 amide bonds. The highest BCUT2D eigenvalue weighted by Gasteiger charge is 2.58. The predicted molar refractivity (Wildman–Crippen MR) is 317 cm³/mol. The van der Waals surface area contributed by atoms with Crippen LogP contribution < -0.4 is 21.3 Å². The number of carboxylic acid groups (broad SMARTS) is 1. The van der Waals surface area contributed by atoms with E-state index >= 15 is 0 Å². The van der Waals surface area contributed by atoms with Crippen molar-refractivity contribution in [2.75, 3.05) is 52.9 Å². The number of amides is 4. The molecule has 6 saturated heterocycles. The van der Waals surface area contributed by atoms with Gasteiger partial charge in [0.25, 0.3) is 0 Å². The van der Waals surface area contributed by atoms with Crippen LogP contribution in [0.1, 0.15) is 37.8 Å². The molecule has 39 nitrogen and oxygen atoms in total. The summed E-state index contributed by atoms with van der Waals surface area (Å²) in [6.07, 6.45) is -53.5. The van der Waals surface area contributed by atoms with Crippen LogP contribution in [-0.4, -0.2) is 360 Å². The van der Waals surface area contributed by atoms with E-state index in [1.165, 1.54) is 0 Å². The fourth-order valence-corrected chi connectivity index (χ4v) is 12.9. The molecule has 21 N–H and O–H groups in total. The van der Waals surface area contributed by atoms with Crippen LogP contribution in [-0.2, 0) is 80.8 Å². The molecule has 0 saturated carbocycles. The maximum Gasteiger partial charge on any atom is 0.407 e. The largest absolute Gasteiger partial charge is 0.480 e. The van der Waals surface area contributed by atoms with Gasteiger partial charge in [0.15, 0.2) is 43.8 Å². The number of rotatable bonds is 26. The first-order valence-corrected chi connectivity index (χ1v) is 31.6. The lowest BCUT2D eigenvalue weighted by atomic mass is 9.94. The minimum Gasteiger partial charge on any atom is -0.480 e. The summed E-state index contributed by atoms with van der Waals surface area (Å²) >= 11 is 0. The summed E-state index contributed by atoms with van der Waals surface area (Å²) in [7, 11) is 0. The van der Waals surface area contributed by atoms with Crippen molar-refractivity contribution < 1.29 is 172 Å². The van der Waals surface area contributed by atoms with Crippen molar-refractivity contribution in [3.8, 4) is 11.1 Å². The van der Waals surface area contributed by atoms with Crippen LogP contribution >= 0.6 is 0 Å². The molecular formula is C60H86N4O35. The molecule has 1 aliphatic carbocycles. The number of aliphatic hydroxyl groups excluding tert-OH is 16. The number of carbonyl (C=O) groups is 5. The fraction of sp³-hybridized carbons (Fsp3) is 0.717. The molecule has 31 atom stereocenters. The number of aliphatic hydroxyl groups is 16. The Labute approximate surface area is 562 Å². The smallest absolute Gasteiger partial charge is 0.407 e. The first-order chi connectivity index (χ1) is 47.1. The average Bonchev–Trinajstić information content (AvgIpc) is 1.68. The number of hydrogen-bond acceptors (Lipinski definition) is 34. The van der Waals surface area contributed by atoms with Crippen LogP contribution in [0.4, 0.5) is 4.79 Å². The molecular weight excluding hydrogens is 1340 g/mol. The lowest BCUT2D eigenvalue weighted by Gasteiger charge is -2.50. The van der Waals surface area contributed by atoms with Gasteiger partial charge in [0, 0.05) is 26.7 Å². The van der Waals surface area contributed by atoms with E-state index in [1.807, 2.05) is 48.5 Å². The van der Waals surface area contributed by atoms with Crippen LogP contribution in [0.25, 0.3) is 11.1 Å². The zero-order chi connectivity index (χ0) is 72.0. The highest BCUT2D eigenvalue weighted by atomic mass is 16.8. The molecule has 0 bridgehead atoms. The number of fused-ring (bicyclic) bond motifs is 3. The van der Waals surface area contributed by atoms with Gasteiger partial charge in [0.2, 0.25) is 17.7 Å².